The minimum Gasteiger partial charge on any atom is -0.458 e. The average molecular weight is 510 g/mol. The number of ether oxygens (including phenoxy) is 1. The summed E-state index contributed by atoms with van der Waals surface area (Å²) in [5.74, 6) is -0.787. The highest BCUT2D eigenvalue weighted by Gasteiger charge is 2.34. The van der Waals surface area contributed by atoms with E-state index in [-0.39, 0.29) is 29.7 Å². The highest BCUT2D eigenvalue weighted by Crippen LogP contribution is 2.38. The number of esters is 1. The first-order valence-corrected chi connectivity index (χ1v) is 12.7. The van der Waals surface area contributed by atoms with E-state index in [9.17, 15) is 19.5 Å². The molecule has 0 radical (unpaired) electrons. The molecular weight excluding hydrogens is 482 g/mol. The third kappa shape index (κ3) is 3.80. The summed E-state index contributed by atoms with van der Waals surface area (Å²) in [6.07, 6.45) is -0.917. The van der Waals surface area contributed by atoms with Crippen LogP contribution in [-0.2, 0) is 29.1 Å². The normalized spacial score (nSPS) is 15.7. The molecule has 0 spiro atoms. The highest BCUT2D eigenvalue weighted by molar-refractivity contribution is 5.94. The molecule has 0 bridgehead atoms. The van der Waals surface area contributed by atoms with Crippen molar-refractivity contribution in [3.63, 3.8) is 0 Å². The number of cyclic esters (lactones) is 1. The number of carbonyl (C=O) groups is 2. The molecule has 38 heavy (non-hydrogen) atoms. The standard InChI is InChI=1S/C30H27N3O5/c1-17(2)32(28(35)18-8-4-3-5-9-18)13-12-19-20-10-6-7-11-24(20)31-26-22(19)15-33-25(26)14-21-23(29(33)36)16-38-30(37)27(21)34/h3-11,14,17,27,34H,12-13,15-16H2,1-2H3/t27-/m0/s1. The van der Waals surface area contributed by atoms with E-state index in [0.717, 1.165) is 22.0 Å². The molecule has 1 amide bonds. The number of benzene rings is 2. The van der Waals surface area contributed by atoms with Crippen LogP contribution in [0.1, 0.15) is 52.6 Å². The van der Waals surface area contributed by atoms with Crippen molar-refractivity contribution in [2.24, 2.45) is 0 Å². The first-order valence-electron chi connectivity index (χ1n) is 12.7. The molecule has 0 unspecified atom stereocenters. The molecule has 0 saturated carbocycles. The number of hydrogen-bond acceptors (Lipinski definition) is 6. The second-order valence-electron chi connectivity index (χ2n) is 10.0. The molecular formula is C30H27N3O5. The van der Waals surface area contributed by atoms with Gasteiger partial charge in [-0.15, -0.1) is 0 Å². The zero-order valence-electron chi connectivity index (χ0n) is 21.2. The summed E-state index contributed by atoms with van der Waals surface area (Å²) < 4.78 is 6.65. The van der Waals surface area contributed by atoms with Crippen molar-refractivity contribution in [1.29, 1.82) is 0 Å². The van der Waals surface area contributed by atoms with E-state index in [1.807, 2.05) is 73.3 Å². The van der Waals surface area contributed by atoms with Gasteiger partial charge in [0.2, 0.25) is 0 Å². The van der Waals surface area contributed by atoms with Crippen LogP contribution in [0, 0.1) is 0 Å². The second kappa shape index (κ2) is 9.22. The molecule has 2 aromatic heterocycles. The molecule has 4 heterocycles. The Morgan fingerprint density at radius 2 is 1.84 bits per heavy atom. The summed E-state index contributed by atoms with van der Waals surface area (Å²) in [4.78, 5) is 45.5. The first kappa shape index (κ1) is 24.1. The van der Waals surface area contributed by atoms with Crippen molar-refractivity contribution < 1.29 is 19.4 Å². The quantitative estimate of drug-likeness (QED) is 0.363. The number of nitrogens with zero attached hydrogens (tertiary/aromatic N) is 3. The smallest absolute Gasteiger partial charge is 0.340 e. The molecule has 8 heteroatoms. The van der Waals surface area contributed by atoms with E-state index >= 15 is 0 Å². The zero-order valence-corrected chi connectivity index (χ0v) is 21.2. The van der Waals surface area contributed by atoms with Crippen LogP contribution in [0.5, 0.6) is 0 Å². The number of para-hydroxylation sites is 1. The highest BCUT2D eigenvalue weighted by atomic mass is 16.5. The Labute approximate surface area is 219 Å². The fourth-order valence-electron chi connectivity index (χ4n) is 5.52. The second-order valence-corrected chi connectivity index (χ2v) is 10.0. The van der Waals surface area contributed by atoms with Crippen molar-refractivity contribution in [2.75, 3.05) is 6.54 Å². The maximum Gasteiger partial charge on any atom is 0.340 e. The summed E-state index contributed by atoms with van der Waals surface area (Å²) in [7, 11) is 0. The number of aliphatic hydroxyl groups is 1. The van der Waals surface area contributed by atoms with Crippen molar-refractivity contribution in [1.82, 2.24) is 14.5 Å². The van der Waals surface area contributed by atoms with Crippen LogP contribution in [0.2, 0.25) is 0 Å². The number of aromatic nitrogens is 2. The lowest BCUT2D eigenvalue weighted by Crippen LogP contribution is -2.38. The van der Waals surface area contributed by atoms with Crippen molar-refractivity contribution in [3.8, 4) is 11.4 Å². The van der Waals surface area contributed by atoms with E-state index in [2.05, 4.69) is 0 Å². The maximum atomic E-state index is 13.4. The lowest BCUT2D eigenvalue weighted by Gasteiger charge is -2.27. The average Bonchev–Trinajstić information content (AvgIpc) is 3.29. The van der Waals surface area contributed by atoms with Crippen LogP contribution in [0.25, 0.3) is 22.3 Å². The van der Waals surface area contributed by atoms with Crippen LogP contribution >= 0.6 is 0 Å². The van der Waals surface area contributed by atoms with Crippen LogP contribution in [0.15, 0.2) is 65.5 Å². The summed E-state index contributed by atoms with van der Waals surface area (Å²) >= 11 is 0. The SMILES string of the molecule is CC(C)N(CCc1c2c(nc3ccccc13)-c1cc3c(c(=O)n1C2)COC(=O)[C@H]3O)C(=O)c1ccccc1. The third-order valence-electron chi connectivity index (χ3n) is 7.49. The summed E-state index contributed by atoms with van der Waals surface area (Å²) in [6.45, 7) is 4.67. The third-order valence-corrected chi connectivity index (χ3v) is 7.49. The first-order chi connectivity index (χ1) is 18.3. The molecule has 1 atom stereocenters. The molecule has 0 fully saturated rings. The van der Waals surface area contributed by atoms with Gasteiger partial charge in [0.1, 0.15) is 6.61 Å². The molecule has 2 aliphatic rings. The largest absolute Gasteiger partial charge is 0.458 e. The number of aliphatic hydroxyl groups excluding tert-OH is 1. The maximum absolute atomic E-state index is 13.4. The zero-order chi connectivity index (χ0) is 26.6. The van der Waals surface area contributed by atoms with E-state index in [1.165, 1.54) is 0 Å². The molecule has 8 nitrogen and oxygen atoms in total. The Kier molecular flexibility index (Phi) is 5.84. The number of amides is 1. The number of fused-ring (bicyclic) bond motifs is 5. The lowest BCUT2D eigenvalue weighted by atomic mass is 9.96. The lowest BCUT2D eigenvalue weighted by molar-refractivity contribution is -0.157. The van der Waals surface area contributed by atoms with Crippen molar-refractivity contribution in [3.05, 3.63) is 98.8 Å². The van der Waals surface area contributed by atoms with Gasteiger partial charge in [-0.1, -0.05) is 36.4 Å². The predicted octanol–water partition coefficient (Wildman–Crippen LogP) is 3.61. The monoisotopic (exact) mass is 509 g/mol. The Morgan fingerprint density at radius 1 is 1.11 bits per heavy atom. The van der Waals surface area contributed by atoms with E-state index < -0.39 is 12.1 Å². The molecule has 0 aliphatic carbocycles. The van der Waals surface area contributed by atoms with Crippen LogP contribution in [0.4, 0.5) is 0 Å². The fraction of sp³-hybridized carbons (Fsp3) is 0.267. The molecule has 4 aromatic rings. The Hall–Kier alpha value is -4.30. The van der Waals surface area contributed by atoms with Gasteiger partial charge in [-0.2, -0.15) is 0 Å². The van der Waals surface area contributed by atoms with Gasteiger partial charge in [0, 0.05) is 34.7 Å². The Bertz CT molecular complexity index is 1660. The fourth-order valence-corrected chi connectivity index (χ4v) is 5.52. The summed E-state index contributed by atoms with van der Waals surface area (Å²) in [5.41, 5.74) is 4.89. The predicted molar refractivity (Wildman–Crippen MR) is 142 cm³/mol. The molecule has 1 N–H and O–H groups in total. The van der Waals surface area contributed by atoms with Crippen molar-refractivity contribution >= 4 is 22.8 Å². The van der Waals surface area contributed by atoms with Gasteiger partial charge >= 0.3 is 5.97 Å². The Balaban J connectivity index is 1.44. The minimum absolute atomic E-state index is 0.00516. The molecule has 6 rings (SSSR count). The van der Waals surface area contributed by atoms with E-state index in [0.29, 0.717) is 42.0 Å². The number of pyridine rings is 2. The minimum atomic E-state index is -1.50. The van der Waals surface area contributed by atoms with Gasteiger partial charge < -0.3 is 19.3 Å². The molecule has 2 aromatic carbocycles. The number of hydrogen-bond donors (Lipinski definition) is 1. The van der Waals surface area contributed by atoms with Crippen LogP contribution < -0.4 is 5.56 Å². The summed E-state index contributed by atoms with van der Waals surface area (Å²) in [6, 6.07) is 18.8. The molecule has 0 saturated heterocycles. The number of rotatable bonds is 5. The van der Waals surface area contributed by atoms with Gasteiger partial charge in [0.25, 0.3) is 11.5 Å². The van der Waals surface area contributed by atoms with E-state index in [4.69, 9.17) is 9.72 Å². The van der Waals surface area contributed by atoms with Gasteiger partial charge in [-0.25, -0.2) is 9.78 Å². The number of carbonyl (C=O) groups excluding carboxylic acids is 2. The molecule has 2 aliphatic heterocycles. The van der Waals surface area contributed by atoms with E-state index in [1.54, 1.807) is 10.6 Å². The topological polar surface area (TPSA) is 102 Å². The van der Waals surface area contributed by atoms with Crippen LogP contribution in [0.3, 0.4) is 0 Å². The van der Waals surface area contributed by atoms with Gasteiger partial charge in [0.05, 0.1) is 29.0 Å². The van der Waals surface area contributed by atoms with Gasteiger partial charge in [-0.05, 0) is 50.1 Å². The van der Waals surface area contributed by atoms with Crippen molar-refractivity contribution in [2.45, 2.75) is 45.6 Å². The van der Waals surface area contributed by atoms with Crippen LogP contribution in [-0.4, -0.2) is 44.0 Å². The van der Waals surface area contributed by atoms with Gasteiger partial charge in [-0.3, -0.25) is 9.59 Å². The van der Waals surface area contributed by atoms with Gasteiger partial charge in [0.15, 0.2) is 6.10 Å². The summed E-state index contributed by atoms with van der Waals surface area (Å²) in [5, 5.41) is 11.4. The molecule has 192 valence electrons. The Morgan fingerprint density at radius 3 is 2.61 bits per heavy atom.